The fraction of sp³-hybridized carbons (Fsp3) is 0.316. The first-order valence-corrected chi connectivity index (χ1v) is 7.95. The highest BCUT2D eigenvalue weighted by Gasteiger charge is 2.30. The Hall–Kier alpha value is -2.87. The molecule has 0 atom stereocenters. The highest BCUT2D eigenvalue weighted by molar-refractivity contribution is 6.00. The van der Waals surface area contributed by atoms with Crippen molar-refractivity contribution in [2.24, 2.45) is 0 Å². The SMILES string of the molecule is C=C(C#N)CN1Cc2c(cccc2C2=CCN(C(C)=O)CC2)C1=O. The van der Waals surface area contributed by atoms with Crippen molar-refractivity contribution in [1.82, 2.24) is 9.80 Å². The molecule has 1 aromatic rings. The van der Waals surface area contributed by atoms with Crippen molar-refractivity contribution >= 4 is 17.4 Å². The average molecular weight is 321 g/mol. The largest absolute Gasteiger partial charge is 0.339 e. The van der Waals surface area contributed by atoms with Crippen LogP contribution >= 0.6 is 0 Å². The van der Waals surface area contributed by atoms with Crippen LogP contribution in [0.2, 0.25) is 0 Å². The zero-order chi connectivity index (χ0) is 17.3. The molecule has 0 bridgehead atoms. The van der Waals surface area contributed by atoms with Gasteiger partial charge in [-0.25, -0.2) is 0 Å². The molecule has 0 spiro atoms. The minimum atomic E-state index is -0.0509. The first kappa shape index (κ1) is 16.0. The van der Waals surface area contributed by atoms with Crippen LogP contribution in [-0.2, 0) is 11.3 Å². The van der Waals surface area contributed by atoms with Gasteiger partial charge in [0.15, 0.2) is 0 Å². The first-order chi connectivity index (χ1) is 11.5. The summed E-state index contributed by atoms with van der Waals surface area (Å²) in [5, 5.41) is 8.90. The molecule has 0 aromatic heterocycles. The number of fused-ring (bicyclic) bond motifs is 1. The summed E-state index contributed by atoms with van der Waals surface area (Å²) >= 11 is 0. The summed E-state index contributed by atoms with van der Waals surface area (Å²) in [4.78, 5) is 27.4. The number of hydrogen-bond donors (Lipinski definition) is 0. The van der Waals surface area contributed by atoms with E-state index in [9.17, 15) is 9.59 Å². The van der Waals surface area contributed by atoms with Crippen LogP contribution in [0.5, 0.6) is 0 Å². The zero-order valence-corrected chi connectivity index (χ0v) is 13.7. The maximum Gasteiger partial charge on any atom is 0.254 e. The molecular formula is C19H19N3O2. The fourth-order valence-corrected chi connectivity index (χ4v) is 3.28. The van der Waals surface area contributed by atoms with Gasteiger partial charge in [-0.05, 0) is 29.2 Å². The maximum absolute atomic E-state index is 12.5. The van der Waals surface area contributed by atoms with Gasteiger partial charge < -0.3 is 9.80 Å². The van der Waals surface area contributed by atoms with Crippen molar-refractivity contribution in [1.29, 1.82) is 5.26 Å². The van der Waals surface area contributed by atoms with E-state index in [1.165, 1.54) is 5.57 Å². The predicted octanol–water partition coefficient (Wildman–Crippen LogP) is 2.36. The summed E-state index contributed by atoms with van der Waals surface area (Å²) in [5.41, 5.74) is 4.35. The molecule has 2 amide bonds. The van der Waals surface area contributed by atoms with E-state index in [2.05, 4.69) is 12.7 Å². The molecule has 24 heavy (non-hydrogen) atoms. The number of benzene rings is 1. The Morgan fingerprint density at radius 2 is 2.12 bits per heavy atom. The van der Waals surface area contributed by atoms with Gasteiger partial charge >= 0.3 is 0 Å². The van der Waals surface area contributed by atoms with Crippen molar-refractivity contribution in [2.75, 3.05) is 19.6 Å². The highest BCUT2D eigenvalue weighted by Crippen LogP contribution is 2.33. The van der Waals surface area contributed by atoms with Crippen molar-refractivity contribution in [3.8, 4) is 6.07 Å². The summed E-state index contributed by atoms with van der Waals surface area (Å²) in [6, 6.07) is 7.76. The molecule has 1 aromatic carbocycles. The number of nitriles is 1. The quantitative estimate of drug-likeness (QED) is 0.803. The van der Waals surface area contributed by atoms with E-state index in [1.54, 1.807) is 16.7 Å². The predicted molar refractivity (Wildman–Crippen MR) is 90.8 cm³/mol. The molecule has 0 radical (unpaired) electrons. The molecule has 3 rings (SSSR count). The van der Waals surface area contributed by atoms with Crippen LogP contribution in [0, 0.1) is 11.3 Å². The van der Waals surface area contributed by atoms with E-state index in [0.717, 1.165) is 17.5 Å². The topological polar surface area (TPSA) is 64.4 Å². The lowest BCUT2D eigenvalue weighted by Crippen LogP contribution is -2.32. The number of carbonyl (C=O) groups excluding carboxylic acids is 2. The lowest BCUT2D eigenvalue weighted by Gasteiger charge is -2.26. The molecule has 0 unspecified atom stereocenters. The third kappa shape index (κ3) is 2.83. The summed E-state index contributed by atoms with van der Waals surface area (Å²) in [6.07, 6.45) is 2.86. The van der Waals surface area contributed by atoms with Crippen molar-refractivity contribution < 1.29 is 9.59 Å². The van der Waals surface area contributed by atoms with Gasteiger partial charge in [0.25, 0.3) is 5.91 Å². The van der Waals surface area contributed by atoms with Crippen LogP contribution in [0.3, 0.4) is 0 Å². The second kappa shape index (κ2) is 6.32. The Labute approximate surface area is 141 Å². The summed E-state index contributed by atoms with van der Waals surface area (Å²) < 4.78 is 0. The van der Waals surface area contributed by atoms with E-state index in [-0.39, 0.29) is 18.4 Å². The first-order valence-electron chi connectivity index (χ1n) is 7.95. The molecular weight excluding hydrogens is 302 g/mol. The van der Waals surface area contributed by atoms with Crippen molar-refractivity contribution in [2.45, 2.75) is 19.9 Å². The molecule has 5 nitrogen and oxygen atoms in total. The number of carbonyl (C=O) groups is 2. The minimum absolute atomic E-state index is 0.0509. The van der Waals surface area contributed by atoms with Gasteiger partial charge in [-0.1, -0.05) is 24.8 Å². The van der Waals surface area contributed by atoms with Crippen LogP contribution in [0.1, 0.15) is 34.8 Å². The van der Waals surface area contributed by atoms with Gasteiger partial charge in [-0.3, -0.25) is 9.59 Å². The van der Waals surface area contributed by atoms with Crippen LogP contribution in [-0.4, -0.2) is 41.2 Å². The standard InChI is InChI=1S/C19H19N3O2/c1-13(10-20)11-22-12-18-16(4-3-5-17(18)19(22)24)15-6-8-21(9-7-15)14(2)23/h3-6H,1,7-9,11-12H2,2H3. The van der Waals surface area contributed by atoms with E-state index in [1.807, 2.05) is 24.3 Å². The van der Waals surface area contributed by atoms with Crippen LogP contribution in [0.25, 0.3) is 5.57 Å². The Kier molecular flexibility index (Phi) is 4.22. The molecule has 0 fully saturated rings. The number of amides is 2. The molecule has 0 aliphatic carbocycles. The Balaban J connectivity index is 1.88. The molecule has 0 saturated heterocycles. The monoisotopic (exact) mass is 321 g/mol. The van der Waals surface area contributed by atoms with E-state index < -0.39 is 0 Å². The zero-order valence-electron chi connectivity index (χ0n) is 13.7. The molecule has 122 valence electrons. The maximum atomic E-state index is 12.5. The number of hydrogen-bond acceptors (Lipinski definition) is 3. The van der Waals surface area contributed by atoms with Gasteiger partial charge in [0.2, 0.25) is 5.91 Å². The second-order valence-electron chi connectivity index (χ2n) is 6.15. The van der Waals surface area contributed by atoms with Crippen molar-refractivity contribution in [3.63, 3.8) is 0 Å². The summed E-state index contributed by atoms with van der Waals surface area (Å²) in [7, 11) is 0. The molecule has 0 N–H and O–H groups in total. The van der Waals surface area contributed by atoms with Crippen molar-refractivity contribution in [3.05, 3.63) is 53.1 Å². The summed E-state index contributed by atoms with van der Waals surface area (Å²) in [5.74, 6) is 0.0324. The average Bonchev–Trinajstić information content (AvgIpc) is 2.91. The van der Waals surface area contributed by atoms with Gasteiger partial charge in [-0.2, -0.15) is 5.26 Å². The Bertz CT molecular complexity index is 801. The van der Waals surface area contributed by atoms with E-state index in [0.29, 0.717) is 30.8 Å². The van der Waals surface area contributed by atoms with Gasteiger partial charge in [-0.15, -0.1) is 0 Å². The smallest absolute Gasteiger partial charge is 0.254 e. The van der Waals surface area contributed by atoms with Gasteiger partial charge in [0.1, 0.15) is 0 Å². The molecule has 0 saturated carbocycles. The van der Waals surface area contributed by atoms with Gasteiger partial charge in [0, 0.05) is 37.7 Å². The lowest BCUT2D eigenvalue weighted by molar-refractivity contribution is -0.128. The Morgan fingerprint density at radius 3 is 2.75 bits per heavy atom. The van der Waals surface area contributed by atoms with E-state index >= 15 is 0 Å². The van der Waals surface area contributed by atoms with Crippen LogP contribution in [0.4, 0.5) is 0 Å². The fourth-order valence-electron chi connectivity index (χ4n) is 3.28. The van der Waals surface area contributed by atoms with Gasteiger partial charge in [0.05, 0.1) is 12.6 Å². The third-order valence-electron chi connectivity index (χ3n) is 4.58. The second-order valence-corrected chi connectivity index (χ2v) is 6.15. The Morgan fingerprint density at radius 1 is 1.38 bits per heavy atom. The molecule has 2 aliphatic rings. The van der Waals surface area contributed by atoms with Crippen LogP contribution in [0.15, 0.2) is 36.4 Å². The third-order valence-corrected chi connectivity index (χ3v) is 4.58. The normalized spacial score (nSPS) is 16.5. The number of nitrogens with zero attached hydrogens (tertiary/aromatic N) is 3. The molecule has 2 heterocycles. The minimum Gasteiger partial charge on any atom is -0.339 e. The number of rotatable bonds is 3. The lowest BCUT2D eigenvalue weighted by atomic mass is 9.93. The molecule has 2 aliphatic heterocycles. The highest BCUT2D eigenvalue weighted by atomic mass is 16.2. The summed E-state index contributed by atoms with van der Waals surface area (Å²) in [6.45, 7) is 7.32. The van der Waals surface area contributed by atoms with E-state index in [4.69, 9.17) is 5.26 Å². The molecule has 5 heteroatoms. The van der Waals surface area contributed by atoms with Crippen LogP contribution < -0.4 is 0 Å².